The van der Waals surface area contributed by atoms with Gasteiger partial charge in [0.05, 0.1) is 11.4 Å². The number of thiazole rings is 1. The summed E-state index contributed by atoms with van der Waals surface area (Å²) >= 11 is 9.00. The molecule has 2 aromatic carbocycles. The minimum Gasteiger partial charge on any atom is -0.477 e. The fourth-order valence-electron chi connectivity index (χ4n) is 3.28. The fourth-order valence-corrected chi connectivity index (χ4v) is 5.36. The van der Waals surface area contributed by atoms with E-state index in [-0.39, 0.29) is 10.8 Å². The summed E-state index contributed by atoms with van der Waals surface area (Å²) in [6, 6.07) is 17.6. The van der Waals surface area contributed by atoms with E-state index in [0.717, 1.165) is 37.2 Å². The number of carboxylic acid groups (broad SMARTS) is 1. The summed E-state index contributed by atoms with van der Waals surface area (Å²) in [5.41, 5.74) is 4.44. The average Bonchev–Trinajstić information content (AvgIpc) is 3.36. The number of aromatic carboxylic acids is 1. The zero-order valence-electron chi connectivity index (χ0n) is 17.3. The molecule has 0 unspecified atom stereocenters. The van der Waals surface area contributed by atoms with Crippen LogP contribution in [0, 0.1) is 6.92 Å². The van der Waals surface area contributed by atoms with Gasteiger partial charge in [0.25, 0.3) is 0 Å². The van der Waals surface area contributed by atoms with Crippen molar-refractivity contribution in [2.45, 2.75) is 26.7 Å². The monoisotopic (exact) mass is 468 g/mol. The van der Waals surface area contributed by atoms with Crippen LogP contribution in [0.3, 0.4) is 0 Å². The number of carboxylic acids is 1. The standard InChI is InChI=1S/C24H21ClN2O2S2/c1-13(2)21-20(16-9-10-17(25)14(3)11-16)27-24(31-21)26-18-12-19(30-22(18)23(28)29)15-7-5-4-6-8-15/h4-13H,1-3H3,(H,26,27)(H,28,29). The quantitative estimate of drug-likeness (QED) is 0.300. The largest absolute Gasteiger partial charge is 0.477 e. The zero-order chi connectivity index (χ0) is 22.1. The van der Waals surface area contributed by atoms with Crippen LogP contribution in [0.25, 0.3) is 21.7 Å². The van der Waals surface area contributed by atoms with Crippen LogP contribution in [0.15, 0.2) is 54.6 Å². The van der Waals surface area contributed by atoms with Crippen molar-refractivity contribution in [2.24, 2.45) is 0 Å². The van der Waals surface area contributed by atoms with E-state index in [0.29, 0.717) is 10.8 Å². The summed E-state index contributed by atoms with van der Waals surface area (Å²) in [4.78, 5) is 19.0. The number of anilines is 2. The van der Waals surface area contributed by atoms with Crippen LogP contribution in [-0.4, -0.2) is 16.1 Å². The van der Waals surface area contributed by atoms with E-state index < -0.39 is 5.97 Å². The van der Waals surface area contributed by atoms with Crippen LogP contribution >= 0.6 is 34.3 Å². The van der Waals surface area contributed by atoms with Crippen LogP contribution in [0.4, 0.5) is 10.8 Å². The van der Waals surface area contributed by atoms with Crippen LogP contribution in [0.5, 0.6) is 0 Å². The highest BCUT2D eigenvalue weighted by Crippen LogP contribution is 2.41. The first-order chi connectivity index (χ1) is 14.8. The summed E-state index contributed by atoms with van der Waals surface area (Å²) in [6.07, 6.45) is 0. The maximum atomic E-state index is 11.9. The van der Waals surface area contributed by atoms with Gasteiger partial charge in [0.15, 0.2) is 5.13 Å². The van der Waals surface area contributed by atoms with Crippen molar-refractivity contribution in [3.05, 3.63) is 74.9 Å². The Balaban J connectivity index is 1.74. The number of halogens is 1. The van der Waals surface area contributed by atoms with Crippen molar-refractivity contribution in [1.29, 1.82) is 0 Å². The van der Waals surface area contributed by atoms with E-state index in [9.17, 15) is 9.90 Å². The van der Waals surface area contributed by atoms with E-state index in [1.54, 1.807) is 11.3 Å². The summed E-state index contributed by atoms with van der Waals surface area (Å²) in [5, 5.41) is 14.4. The molecule has 0 aliphatic carbocycles. The minimum absolute atomic E-state index is 0.268. The number of thiophene rings is 1. The number of benzene rings is 2. The third-order valence-electron chi connectivity index (χ3n) is 4.84. The molecule has 0 atom stereocenters. The molecule has 7 heteroatoms. The highest BCUT2D eigenvalue weighted by Gasteiger charge is 2.20. The molecule has 0 saturated heterocycles. The molecule has 0 radical (unpaired) electrons. The molecule has 31 heavy (non-hydrogen) atoms. The van der Waals surface area contributed by atoms with Crippen molar-refractivity contribution in [2.75, 3.05) is 5.32 Å². The van der Waals surface area contributed by atoms with E-state index >= 15 is 0 Å². The number of hydrogen-bond donors (Lipinski definition) is 2. The number of nitrogens with one attached hydrogen (secondary N) is 1. The first-order valence-electron chi connectivity index (χ1n) is 9.80. The average molecular weight is 469 g/mol. The van der Waals surface area contributed by atoms with E-state index in [1.807, 2.05) is 61.5 Å². The van der Waals surface area contributed by atoms with Crippen LogP contribution in [0.1, 0.15) is 39.9 Å². The lowest BCUT2D eigenvalue weighted by molar-refractivity contribution is 0.0703. The third-order valence-corrected chi connectivity index (χ3v) is 7.70. The number of aryl methyl sites for hydroxylation is 1. The second-order valence-electron chi connectivity index (χ2n) is 7.50. The number of aromatic nitrogens is 1. The second-order valence-corrected chi connectivity index (χ2v) is 9.99. The lowest BCUT2D eigenvalue weighted by Crippen LogP contribution is -1.98. The summed E-state index contributed by atoms with van der Waals surface area (Å²) in [6.45, 7) is 6.23. The van der Waals surface area contributed by atoms with Crippen molar-refractivity contribution in [1.82, 2.24) is 4.98 Å². The SMILES string of the molecule is Cc1cc(-c2nc(Nc3cc(-c4ccccc4)sc3C(=O)O)sc2C(C)C)ccc1Cl. The molecule has 2 N–H and O–H groups in total. The lowest BCUT2D eigenvalue weighted by atomic mass is 10.0. The molecule has 2 aromatic heterocycles. The zero-order valence-corrected chi connectivity index (χ0v) is 19.7. The van der Waals surface area contributed by atoms with Gasteiger partial charge in [-0.05, 0) is 42.2 Å². The molecule has 4 aromatic rings. The Hall–Kier alpha value is -2.67. The van der Waals surface area contributed by atoms with Crippen molar-refractivity contribution in [3.8, 4) is 21.7 Å². The van der Waals surface area contributed by atoms with Gasteiger partial charge in [-0.2, -0.15) is 0 Å². The number of hydrogen-bond acceptors (Lipinski definition) is 5. The first kappa shape index (κ1) is 21.6. The van der Waals surface area contributed by atoms with Gasteiger partial charge < -0.3 is 10.4 Å². The van der Waals surface area contributed by atoms with Gasteiger partial charge in [-0.25, -0.2) is 9.78 Å². The highest BCUT2D eigenvalue weighted by molar-refractivity contribution is 7.18. The molecule has 4 rings (SSSR count). The molecule has 0 fully saturated rings. The molecule has 2 heterocycles. The van der Waals surface area contributed by atoms with Crippen LogP contribution in [-0.2, 0) is 0 Å². The maximum absolute atomic E-state index is 11.9. The Morgan fingerprint density at radius 1 is 1.06 bits per heavy atom. The van der Waals surface area contributed by atoms with E-state index in [1.165, 1.54) is 11.3 Å². The molecule has 0 bridgehead atoms. The Morgan fingerprint density at radius 3 is 2.45 bits per heavy atom. The predicted molar refractivity (Wildman–Crippen MR) is 131 cm³/mol. The van der Waals surface area contributed by atoms with Crippen LogP contribution in [0.2, 0.25) is 5.02 Å². The smallest absolute Gasteiger partial charge is 0.348 e. The molecule has 4 nitrogen and oxygen atoms in total. The van der Waals surface area contributed by atoms with Gasteiger partial charge in [-0.3, -0.25) is 0 Å². The minimum atomic E-state index is -0.955. The molecule has 0 spiro atoms. The third kappa shape index (κ3) is 4.51. The number of rotatable bonds is 6. The van der Waals surface area contributed by atoms with Gasteiger partial charge in [0, 0.05) is 20.3 Å². The Bertz CT molecular complexity index is 1250. The molecule has 0 aliphatic rings. The van der Waals surface area contributed by atoms with Crippen molar-refractivity contribution in [3.63, 3.8) is 0 Å². The predicted octanol–water partition coefficient (Wildman–Crippen LogP) is 8.07. The maximum Gasteiger partial charge on any atom is 0.348 e. The molecular formula is C24H21ClN2O2S2. The number of nitrogens with zero attached hydrogens (tertiary/aromatic N) is 1. The Kier molecular flexibility index (Phi) is 6.14. The summed E-state index contributed by atoms with van der Waals surface area (Å²) in [7, 11) is 0. The lowest BCUT2D eigenvalue weighted by Gasteiger charge is -2.06. The van der Waals surface area contributed by atoms with Crippen molar-refractivity contribution >= 4 is 51.1 Å². The Labute approximate surface area is 194 Å². The normalized spacial score (nSPS) is 11.1. The topological polar surface area (TPSA) is 62.2 Å². The van der Waals surface area contributed by atoms with E-state index in [4.69, 9.17) is 16.6 Å². The molecular weight excluding hydrogens is 448 g/mol. The summed E-state index contributed by atoms with van der Waals surface area (Å²) < 4.78 is 0. The van der Waals surface area contributed by atoms with Gasteiger partial charge in [-0.1, -0.05) is 61.8 Å². The second kappa shape index (κ2) is 8.83. The van der Waals surface area contributed by atoms with Gasteiger partial charge in [0.1, 0.15) is 4.88 Å². The molecule has 0 aliphatic heterocycles. The number of carbonyl (C=O) groups is 1. The molecule has 0 saturated carbocycles. The van der Waals surface area contributed by atoms with Gasteiger partial charge in [0.2, 0.25) is 0 Å². The fraction of sp³-hybridized carbons (Fsp3) is 0.167. The van der Waals surface area contributed by atoms with Gasteiger partial charge >= 0.3 is 5.97 Å². The molecule has 158 valence electrons. The van der Waals surface area contributed by atoms with Crippen LogP contribution < -0.4 is 5.32 Å². The molecule has 0 amide bonds. The first-order valence-corrected chi connectivity index (χ1v) is 11.8. The highest BCUT2D eigenvalue weighted by atomic mass is 35.5. The summed E-state index contributed by atoms with van der Waals surface area (Å²) in [5.74, 6) is -0.677. The van der Waals surface area contributed by atoms with E-state index in [2.05, 4.69) is 19.2 Å². The van der Waals surface area contributed by atoms with Crippen molar-refractivity contribution < 1.29 is 9.90 Å². The Morgan fingerprint density at radius 2 is 1.81 bits per heavy atom. The van der Waals surface area contributed by atoms with Gasteiger partial charge in [-0.15, -0.1) is 22.7 Å².